The molecule has 3 nitrogen and oxygen atoms in total. The second kappa shape index (κ2) is 5.33. The number of anilines is 1. The zero-order valence-electron chi connectivity index (χ0n) is 9.67. The van der Waals surface area contributed by atoms with Gasteiger partial charge in [-0.15, -0.1) is 0 Å². The number of rotatable bonds is 4. The molecule has 0 bridgehead atoms. The molecule has 0 spiro atoms. The van der Waals surface area contributed by atoms with E-state index in [1.54, 1.807) is 13.2 Å². The molecule has 0 saturated carbocycles. The van der Waals surface area contributed by atoms with E-state index < -0.39 is 0 Å². The molecule has 0 heterocycles. The van der Waals surface area contributed by atoms with Gasteiger partial charge in [-0.2, -0.15) is 5.26 Å². The molecule has 1 N–H and O–H groups in total. The number of nitrogens with zero attached hydrogens (tertiary/aromatic N) is 1. The summed E-state index contributed by atoms with van der Waals surface area (Å²) in [6, 6.07) is 7.68. The van der Waals surface area contributed by atoms with Crippen molar-refractivity contribution in [3.8, 4) is 6.07 Å². The summed E-state index contributed by atoms with van der Waals surface area (Å²) in [4.78, 5) is 0. The van der Waals surface area contributed by atoms with Gasteiger partial charge in [0.1, 0.15) is 0 Å². The Balaban J connectivity index is 2.89. The highest BCUT2D eigenvalue weighted by atomic mass is 79.9. The SMILES string of the molecule is COCC(C)(C)Nc1cc(Br)cc(C#N)c1. The summed E-state index contributed by atoms with van der Waals surface area (Å²) < 4.78 is 6.02. The van der Waals surface area contributed by atoms with Gasteiger partial charge in [0.25, 0.3) is 0 Å². The number of halogens is 1. The summed E-state index contributed by atoms with van der Waals surface area (Å²) in [6.45, 7) is 4.69. The number of hydrogen-bond donors (Lipinski definition) is 1. The molecule has 86 valence electrons. The van der Waals surface area contributed by atoms with Gasteiger partial charge in [-0.1, -0.05) is 15.9 Å². The number of ether oxygens (including phenoxy) is 1. The Hall–Kier alpha value is -1.05. The third-order valence-electron chi connectivity index (χ3n) is 2.01. The summed E-state index contributed by atoms with van der Waals surface area (Å²) in [5.41, 5.74) is 1.38. The van der Waals surface area contributed by atoms with Crippen LogP contribution >= 0.6 is 15.9 Å². The largest absolute Gasteiger partial charge is 0.382 e. The predicted octanol–water partition coefficient (Wildman–Crippen LogP) is 3.16. The van der Waals surface area contributed by atoms with Crippen LogP contribution < -0.4 is 5.32 Å². The molecule has 0 fully saturated rings. The minimum atomic E-state index is -0.164. The number of methoxy groups -OCH3 is 1. The van der Waals surface area contributed by atoms with Gasteiger partial charge in [-0.05, 0) is 32.0 Å². The lowest BCUT2D eigenvalue weighted by molar-refractivity contribution is 0.158. The molecule has 1 aromatic rings. The van der Waals surface area contributed by atoms with Crippen LogP contribution in [0.1, 0.15) is 19.4 Å². The first-order valence-electron chi connectivity index (χ1n) is 4.95. The van der Waals surface area contributed by atoms with E-state index in [0.717, 1.165) is 10.2 Å². The summed E-state index contributed by atoms with van der Waals surface area (Å²) in [5, 5.41) is 12.2. The average Bonchev–Trinajstić information content (AvgIpc) is 2.15. The molecule has 0 aromatic heterocycles. The zero-order valence-corrected chi connectivity index (χ0v) is 11.3. The van der Waals surface area contributed by atoms with Crippen molar-refractivity contribution in [3.63, 3.8) is 0 Å². The van der Waals surface area contributed by atoms with E-state index in [0.29, 0.717) is 12.2 Å². The fourth-order valence-electron chi connectivity index (χ4n) is 1.51. The maximum Gasteiger partial charge on any atom is 0.0992 e. The fourth-order valence-corrected chi connectivity index (χ4v) is 2.01. The highest BCUT2D eigenvalue weighted by Gasteiger charge is 2.17. The number of benzene rings is 1. The van der Waals surface area contributed by atoms with Crippen molar-refractivity contribution in [1.82, 2.24) is 0 Å². The van der Waals surface area contributed by atoms with E-state index in [-0.39, 0.29) is 5.54 Å². The van der Waals surface area contributed by atoms with E-state index in [4.69, 9.17) is 10.00 Å². The van der Waals surface area contributed by atoms with Gasteiger partial charge < -0.3 is 10.1 Å². The van der Waals surface area contributed by atoms with Crippen molar-refractivity contribution in [2.45, 2.75) is 19.4 Å². The number of nitriles is 1. The fraction of sp³-hybridized carbons (Fsp3) is 0.417. The predicted molar refractivity (Wildman–Crippen MR) is 68.4 cm³/mol. The second-order valence-corrected chi connectivity index (χ2v) is 5.20. The van der Waals surface area contributed by atoms with E-state index in [9.17, 15) is 0 Å². The summed E-state index contributed by atoms with van der Waals surface area (Å²) in [7, 11) is 1.67. The molecule has 0 atom stereocenters. The van der Waals surface area contributed by atoms with Crippen molar-refractivity contribution in [3.05, 3.63) is 28.2 Å². The summed E-state index contributed by atoms with van der Waals surface area (Å²) in [6.07, 6.45) is 0. The molecule has 0 aliphatic heterocycles. The molecule has 0 aliphatic carbocycles. The highest BCUT2D eigenvalue weighted by Crippen LogP contribution is 2.22. The van der Waals surface area contributed by atoms with Gasteiger partial charge in [0, 0.05) is 17.3 Å². The molecule has 0 unspecified atom stereocenters. The number of nitrogens with one attached hydrogen (secondary N) is 1. The van der Waals surface area contributed by atoms with Crippen LogP contribution in [-0.4, -0.2) is 19.3 Å². The Labute approximate surface area is 105 Å². The molecule has 1 rings (SSSR count). The monoisotopic (exact) mass is 282 g/mol. The Morgan fingerprint density at radius 2 is 2.12 bits per heavy atom. The van der Waals surface area contributed by atoms with Crippen LogP contribution in [0.25, 0.3) is 0 Å². The Bertz CT molecular complexity index is 410. The summed E-state index contributed by atoms with van der Waals surface area (Å²) in [5.74, 6) is 0. The lowest BCUT2D eigenvalue weighted by atomic mass is 10.1. The highest BCUT2D eigenvalue weighted by molar-refractivity contribution is 9.10. The van der Waals surface area contributed by atoms with E-state index in [1.165, 1.54) is 0 Å². The van der Waals surface area contributed by atoms with Crippen molar-refractivity contribution >= 4 is 21.6 Å². The van der Waals surface area contributed by atoms with Gasteiger partial charge in [-0.3, -0.25) is 0 Å². The first kappa shape index (κ1) is 13.0. The normalized spacial score (nSPS) is 10.9. The van der Waals surface area contributed by atoms with Crippen LogP contribution in [0.3, 0.4) is 0 Å². The van der Waals surface area contributed by atoms with Gasteiger partial charge in [-0.25, -0.2) is 0 Å². The number of hydrogen-bond acceptors (Lipinski definition) is 3. The smallest absolute Gasteiger partial charge is 0.0992 e. The minimum Gasteiger partial charge on any atom is -0.382 e. The molecule has 0 amide bonds. The van der Waals surface area contributed by atoms with Crippen molar-refractivity contribution in [2.75, 3.05) is 19.0 Å². The van der Waals surface area contributed by atoms with Crippen LogP contribution in [0.2, 0.25) is 0 Å². The zero-order chi connectivity index (χ0) is 12.2. The van der Waals surface area contributed by atoms with Crippen LogP contribution in [-0.2, 0) is 4.74 Å². The van der Waals surface area contributed by atoms with Crippen LogP contribution in [0.15, 0.2) is 22.7 Å². The molecule has 0 radical (unpaired) electrons. The maximum atomic E-state index is 8.86. The van der Waals surface area contributed by atoms with Crippen molar-refractivity contribution in [2.24, 2.45) is 0 Å². The molecule has 16 heavy (non-hydrogen) atoms. The topological polar surface area (TPSA) is 45.0 Å². The van der Waals surface area contributed by atoms with Gasteiger partial charge in [0.15, 0.2) is 0 Å². The van der Waals surface area contributed by atoms with Gasteiger partial charge >= 0.3 is 0 Å². The quantitative estimate of drug-likeness (QED) is 0.923. The van der Waals surface area contributed by atoms with Crippen LogP contribution in [0, 0.1) is 11.3 Å². The van der Waals surface area contributed by atoms with Crippen molar-refractivity contribution < 1.29 is 4.74 Å². The minimum absolute atomic E-state index is 0.164. The van der Waals surface area contributed by atoms with Crippen molar-refractivity contribution in [1.29, 1.82) is 5.26 Å². The lowest BCUT2D eigenvalue weighted by Gasteiger charge is -2.26. The van der Waals surface area contributed by atoms with E-state index >= 15 is 0 Å². The summed E-state index contributed by atoms with van der Waals surface area (Å²) >= 11 is 3.38. The third kappa shape index (κ3) is 3.84. The standard InChI is InChI=1S/C12H15BrN2O/c1-12(2,8-16-3)15-11-5-9(7-14)4-10(13)6-11/h4-6,15H,8H2,1-3H3. The molecular formula is C12H15BrN2O. The third-order valence-corrected chi connectivity index (χ3v) is 2.47. The second-order valence-electron chi connectivity index (χ2n) is 4.28. The molecule has 1 aromatic carbocycles. The Morgan fingerprint density at radius 1 is 1.44 bits per heavy atom. The van der Waals surface area contributed by atoms with E-state index in [2.05, 4.69) is 27.3 Å². The van der Waals surface area contributed by atoms with Gasteiger partial charge in [0.2, 0.25) is 0 Å². The Morgan fingerprint density at radius 3 is 2.69 bits per heavy atom. The van der Waals surface area contributed by atoms with Crippen LogP contribution in [0.4, 0.5) is 5.69 Å². The van der Waals surface area contributed by atoms with Crippen LogP contribution in [0.5, 0.6) is 0 Å². The first-order valence-corrected chi connectivity index (χ1v) is 5.74. The maximum absolute atomic E-state index is 8.86. The molecule has 0 aliphatic rings. The average molecular weight is 283 g/mol. The molecule has 0 saturated heterocycles. The molecular weight excluding hydrogens is 268 g/mol. The van der Waals surface area contributed by atoms with Gasteiger partial charge in [0.05, 0.1) is 23.8 Å². The lowest BCUT2D eigenvalue weighted by Crippen LogP contribution is -2.35. The van der Waals surface area contributed by atoms with E-state index in [1.807, 2.05) is 26.0 Å². The Kier molecular flexibility index (Phi) is 4.34. The first-order chi connectivity index (χ1) is 7.46. The molecule has 4 heteroatoms.